The van der Waals surface area contributed by atoms with Crippen molar-refractivity contribution >= 4 is 11.8 Å². The highest BCUT2D eigenvalue weighted by atomic mass is 14.8. The third kappa shape index (κ3) is 2.36. The van der Waals surface area contributed by atoms with Crippen LogP contribution >= 0.6 is 0 Å². The molecule has 0 radical (unpaired) electrons. The molecule has 0 atom stereocenters. The van der Waals surface area contributed by atoms with Gasteiger partial charge in [-0.05, 0) is 25.3 Å². The number of anilines is 1. The summed E-state index contributed by atoms with van der Waals surface area (Å²) in [5, 5.41) is 3.00. The van der Waals surface area contributed by atoms with Gasteiger partial charge in [0, 0.05) is 12.7 Å². The van der Waals surface area contributed by atoms with E-state index in [1.807, 2.05) is 31.3 Å². The van der Waals surface area contributed by atoms with Crippen LogP contribution in [0.4, 0.5) is 5.69 Å². The quantitative estimate of drug-likeness (QED) is 0.696. The van der Waals surface area contributed by atoms with Crippen LogP contribution in [0.1, 0.15) is 5.69 Å². The number of nitrogens with two attached hydrogens (primary N) is 1. The predicted molar refractivity (Wildman–Crippen MR) is 51.6 cm³/mol. The first-order valence-corrected chi connectivity index (χ1v) is 3.86. The van der Waals surface area contributed by atoms with E-state index in [1.165, 1.54) is 0 Å². The summed E-state index contributed by atoms with van der Waals surface area (Å²) in [6, 6.07) is 3.66. The molecule has 1 aromatic heterocycles. The average Bonchev–Trinajstić information content (AvgIpc) is 2.09. The van der Waals surface area contributed by atoms with Crippen molar-refractivity contribution in [2.24, 2.45) is 0 Å². The van der Waals surface area contributed by atoms with Gasteiger partial charge < -0.3 is 11.1 Å². The molecule has 1 aromatic rings. The molecule has 64 valence electrons. The minimum absolute atomic E-state index is 0.713. The zero-order valence-corrected chi connectivity index (χ0v) is 7.12. The lowest BCUT2D eigenvalue weighted by molar-refractivity contribution is 0.922. The fourth-order valence-corrected chi connectivity index (χ4v) is 0.858. The standard InChI is InChI=1S/C9H13N3/c1-11-6-3-5-9-8(10)4-2-7-12-9/h2-5,7,11H,6,10H2,1H3. The highest BCUT2D eigenvalue weighted by Crippen LogP contribution is 2.07. The smallest absolute Gasteiger partial charge is 0.0856 e. The Morgan fingerprint density at radius 1 is 1.67 bits per heavy atom. The van der Waals surface area contributed by atoms with Gasteiger partial charge in [-0.3, -0.25) is 4.98 Å². The number of likely N-dealkylation sites (N-methyl/N-ethyl adjacent to an activating group) is 1. The van der Waals surface area contributed by atoms with Crippen molar-refractivity contribution in [3.05, 3.63) is 30.1 Å². The van der Waals surface area contributed by atoms with Crippen LogP contribution in [0.15, 0.2) is 24.4 Å². The van der Waals surface area contributed by atoms with Crippen molar-refractivity contribution in [3.63, 3.8) is 0 Å². The van der Waals surface area contributed by atoms with E-state index in [2.05, 4.69) is 10.3 Å². The Hall–Kier alpha value is -1.35. The van der Waals surface area contributed by atoms with Crippen molar-refractivity contribution in [1.29, 1.82) is 0 Å². The summed E-state index contributed by atoms with van der Waals surface area (Å²) < 4.78 is 0. The number of nitrogens with zero attached hydrogens (tertiary/aromatic N) is 1. The van der Waals surface area contributed by atoms with Gasteiger partial charge in [0.25, 0.3) is 0 Å². The molecule has 0 aliphatic heterocycles. The van der Waals surface area contributed by atoms with Crippen LogP contribution in [0, 0.1) is 0 Å². The number of nitrogens with one attached hydrogen (secondary N) is 1. The van der Waals surface area contributed by atoms with Crippen LogP contribution in [-0.4, -0.2) is 18.6 Å². The molecular formula is C9H13N3. The maximum atomic E-state index is 5.67. The lowest BCUT2D eigenvalue weighted by Crippen LogP contribution is -2.03. The topological polar surface area (TPSA) is 50.9 Å². The third-order valence-corrected chi connectivity index (χ3v) is 1.47. The molecule has 0 saturated carbocycles. The highest BCUT2D eigenvalue weighted by Gasteiger charge is 1.91. The van der Waals surface area contributed by atoms with Crippen molar-refractivity contribution in [3.8, 4) is 0 Å². The Morgan fingerprint density at radius 2 is 2.50 bits per heavy atom. The normalized spacial score (nSPS) is 10.8. The summed E-state index contributed by atoms with van der Waals surface area (Å²) >= 11 is 0. The van der Waals surface area contributed by atoms with Crippen LogP contribution in [0.2, 0.25) is 0 Å². The van der Waals surface area contributed by atoms with E-state index in [0.717, 1.165) is 12.2 Å². The van der Waals surface area contributed by atoms with Crippen LogP contribution in [0.25, 0.3) is 6.08 Å². The molecule has 0 fully saturated rings. The first kappa shape index (κ1) is 8.74. The van der Waals surface area contributed by atoms with Crippen molar-refractivity contribution in [2.45, 2.75) is 0 Å². The number of nitrogen functional groups attached to an aromatic ring is 1. The Labute approximate surface area is 72.3 Å². The van der Waals surface area contributed by atoms with Crippen LogP contribution in [0.5, 0.6) is 0 Å². The molecule has 1 rings (SSSR count). The fourth-order valence-electron chi connectivity index (χ4n) is 0.858. The minimum Gasteiger partial charge on any atom is -0.397 e. The zero-order valence-electron chi connectivity index (χ0n) is 7.12. The zero-order chi connectivity index (χ0) is 8.81. The summed E-state index contributed by atoms with van der Waals surface area (Å²) in [6.45, 7) is 0.829. The summed E-state index contributed by atoms with van der Waals surface area (Å²) in [5.74, 6) is 0. The van der Waals surface area contributed by atoms with Gasteiger partial charge in [0.1, 0.15) is 0 Å². The molecular weight excluding hydrogens is 150 g/mol. The Bertz CT molecular complexity index is 268. The molecule has 0 aromatic carbocycles. The molecule has 12 heavy (non-hydrogen) atoms. The number of pyridine rings is 1. The lowest BCUT2D eigenvalue weighted by atomic mass is 10.3. The van der Waals surface area contributed by atoms with Gasteiger partial charge in [0.15, 0.2) is 0 Å². The molecule has 0 aliphatic rings. The van der Waals surface area contributed by atoms with Crippen LogP contribution in [-0.2, 0) is 0 Å². The monoisotopic (exact) mass is 163 g/mol. The molecule has 0 aliphatic carbocycles. The van der Waals surface area contributed by atoms with E-state index >= 15 is 0 Å². The van der Waals surface area contributed by atoms with Crippen LogP contribution in [0.3, 0.4) is 0 Å². The van der Waals surface area contributed by atoms with E-state index in [4.69, 9.17) is 5.73 Å². The fraction of sp³-hybridized carbons (Fsp3) is 0.222. The number of hydrogen-bond donors (Lipinski definition) is 2. The van der Waals surface area contributed by atoms with Crippen molar-refractivity contribution in [1.82, 2.24) is 10.3 Å². The van der Waals surface area contributed by atoms with E-state index < -0.39 is 0 Å². The van der Waals surface area contributed by atoms with E-state index in [9.17, 15) is 0 Å². The van der Waals surface area contributed by atoms with Gasteiger partial charge in [-0.25, -0.2) is 0 Å². The van der Waals surface area contributed by atoms with Gasteiger partial charge in [-0.2, -0.15) is 0 Å². The third-order valence-electron chi connectivity index (χ3n) is 1.47. The summed E-state index contributed by atoms with van der Waals surface area (Å²) in [5.41, 5.74) is 7.21. The van der Waals surface area contributed by atoms with Gasteiger partial charge in [-0.1, -0.05) is 6.08 Å². The Morgan fingerprint density at radius 3 is 3.17 bits per heavy atom. The second kappa shape index (κ2) is 4.51. The summed E-state index contributed by atoms with van der Waals surface area (Å²) in [6.07, 6.45) is 5.62. The molecule has 3 N–H and O–H groups in total. The van der Waals surface area contributed by atoms with Crippen molar-refractivity contribution < 1.29 is 0 Å². The second-order valence-corrected chi connectivity index (χ2v) is 2.44. The molecule has 3 heteroatoms. The number of hydrogen-bond acceptors (Lipinski definition) is 3. The van der Waals surface area contributed by atoms with E-state index in [-0.39, 0.29) is 0 Å². The number of rotatable bonds is 3. The molecule has 0 saturated heterocycles. The van der Waals surface area contributed by atoms with E-state index in [0.29, 0.717) is 5.69 Å². The lowest BCUT2D eigenvalue weighted by Gasteiger charge is -1.96. The van der Waals surface area contributed by atoms with Gasteiger partial charge >= 0.3 is 0 Å². The Balaban J connectivity index is 2.68. The first-order chi connectivity index (χ1) is 5.84. The van der Waals surface area contributed by atoms with Crippen LogP contribution < -0.4 is 11.1 Å². The van der Waals surface area contributed by atoms with Gasteiger partial charge in [0.05, 0.1) is 11.4 Å². The average molecular weight is 163 g/mol. The molecule has 0 amide bonds. The maximum Gasteiger partial charge on any atom is 0.0856 e. The maximum absolute atomic E-state index is 5.67. The Kier molecular flexibility index (Phi) is 3.29. The van der Waals surface area contributed by atoms with Gasteiger partial charge in [0.2, 0.25) is 0 Å². The molecule has 3 nitrogen and oxygen atoms in total. The number of aromatic nitrogens is 1. The minimum atomic E-state index is 0.713. The summed E-state index contributed by atoms with van der Waals surface area (Å²) in [7, 11) is 1.89. The summed E-state index contributed by atoms with van der Waals surface area (Å²) in [4.78, 5) is 4.11. The molecule has 0 spiro atoms. The SMILES string of the molecule is CNCC=Cc1ncccc1N. The van der Waals surface area contributed by atoms with E-state index in [1.54, 1.807) is 6.20 Å². The molecule has 0 unspecified atom stereocenters. The predicted octanol–water partition coefficient (Wildman–Crippen LogP) is 0.896. The highest BCUT2D eigenvalue weighted by molar-refractivity contribution is 5.60. The molecule has 1 heterocycles. The van der Waals surface area contributed by atoms with Gasteiger partial charge in [-0.15, -0.1) is 0 Å². The first-order valence-electron chi connectivity index (χ1n) is 3.86. The largest absolute Gasteiger partial charge is 0.397 e. The molecule has 0 bridgehead atoms. The van der Waals surface area contributed by atoms with Crippen molar-refractivity contribution in [2.75, 3.05) is 19.3 Å². The second-order valence-electron chi connectivity index (χ2n) is 2.44.